The van der Waals surface area contributed by atoms with Crippen LogP contribution in [0.2, 0.25) is 5.15 Å². The topological polar surface area (TPSA) is 332 Å². The van der Waals surface area contributed by atoms with E-state index < -0.39 is 11.6 Å². The molecule has 0 saturated carbocycles. The Kier molecular flexibility index (Phi) is 30.4. The summed E-state index contributed by atoms with van der Waals surface area (Å²) in [5, 5.41) is 11.7. The average Bonchev–Trinajstić information content (AvgIpc) is 1.68. The lowest BCUT2D eigenvalue weighted by molar-refractivity contribution is 0.00578. The normalized spacial score (nSPS) is 18.4. The van der Waals surface area contributed by atoms with Crippen LogP contribution >= 0.6 is 11.6 Å². The van der Waals surface area contributed by atoms with Crippen molar-refractivity contribution in [3.05, 3.63) is 179 Å². The SMILES string of the molecule is CC(C)(C)OC(=O)NC1CC=C(B2OC(C)(C)C(C)(C)O2)CC1.CC1CC=C(c2ccc3c(n2)n(C)c(=O)n3CC(C)(C)C)CC1.Cn1c(=O)n(CC(C)(C)C)c2ccc(C3=CCC(N)CC3)nc21.Cn1c(=O)n(CC(C)(C)C)c2ccc(Cl)nc21.Cn1ccnc1C(=O)CC1CC=C(c2ccc3c(n2)n(C)c(=O)n3CC(C)(C)C)CC1.Cn1ccnc1C(=O)O. The zero-order valence-corrected chi connectivity index (χ0v) is 80.0. The number of hydrogen-bond donors (Lipinski definition) is 3. The highest BCUT2D eigenvalue weighted by molar-refractivity contribution is 6.54. The van der Waals surface area contributed by atoms with Crippen LogP contribution in [0.1, 0.15) is 260 Å². The fourth-order valence-corrected chi connectivity index (χ4v) is 16.1. The highest BCUT2D eigenvalue weighted by atomic mass is 35.5. The van der Waals surface area contributed by atoms with Crippen molar-refractivity contribution in [3.8, 4) is 0 Å². The summed E-state index contributed by atoms with van der Waals surface area (Å²) in [6.07, 6.45) is 27.0. The van der Waals surface area contributed by atoms with E-state index in [4.69, 9.17) is 51.4 Å². The van der Waals surface area contributed by atoms with Crippen LogP contribution in [0.25, 0.3) is 61.4 Å². The summed E-state index contributed by atoms with van der Waals surface area (Å²) in [4.78, 5) is 111. The Labute approximate surface area is 745 Å². The molecule has 10 aromatic heterocycles. The number of pyridine rings is 4. The Morgan fingerprint density at radius 1 is 0.508 bits per heavy atom. The maximum absolute atomic E-state index is 12.8. The zero-order valence-electron chi connectivity index (χ0n) is 79.3. The van der Waals surface area contributed by atoms with Crippen LogP contribution in [0, 0.1) is 33.5 Å². The van der Waals surface area contributed by atoms with E-state index in [0.29, 0.717) is 55.1 Å². The predicted octanol–water partition coefficient (Wildman–Crippen LogP) is 16.8. The fraction of sp³-hybridized carbons (Fsp3) is 0.568. The Balaban J connectivity index is 0.000000162. The number of nitrogens with two attached hydrogens (primary N) is 1. The smallest absolute Gasteiger partial charge is 0.475 e. The third-order valence-electron chi connectivity index (χ3n) is 23.3. The minimum Gasteiger partial charge on any atom is -0.475 e. The van der Waals surface area contributed by atoms with Crippen molar-refractivity contribution in [1.29, 1.82) is 0 Å². The summed E-state index contributed by atoms with van der Waals surface area (Å²) in [5.74, 6) is 0.790. The number of nitrogens with one attached hydrogen (secondary N) is 1. The highest BCUT2D eigenvalue weighted by Crippen LogP contribution is 2.41. The van der Waals surface area contributed by atoms with Gasteiger partial charge in [0.05, 0.1) is 50.4 Å². The number of Topliss-reactive ketones (excluding diaryl/α,β-unsaturated/α-hetero) is 1. The summed E-state index contributed by atoms with van der Waals surface area (Å²) in [6, 6.07) is 16.2. The van der Waals surface area contributed by atoms with Gasteiger partial charge in [-0.05, 0) is 230 Å². The van der Waals surface area contributed by atoms with Gasteiger partial charge < -0.3 is 39.3 Å². The van der Waals surface area contributed by atoms with E-state index in [9.17, 15) is 33.6 Å². The third kappa shape index (κ3) is 24.7. The van der Waals surface area contributed by atoms with Gasteiger partial charge >= 0.3 is 41.9 Å². The number of carboxylic acids is 1. The predicted molar refractivity (Wildman–Crippen MR) is 502 cm³/mol. The molecule has 1 saturated heterocycles. The molecule has 1 amide bonds. The maximum Gasteiger partial charge on any atom is 0.490 e. The molecule has 126 heavy (non-hydrogen) atoms. The molecular formula is C95H136BClN18O11. The number of aromatic carboxylic acids is 1. The first-order valence-corrected chi connectivity index (χ1v) is 44.4. The van der Waals surface area contributed by atoms with E-state index in [0.717, 1.165) is 133 Å². The van der Waals surface area contributed by atoms with E-state index >= 15 is 0 Å². The van der Waals surface area contributed by atoms with Gasteiger partial charge in [0.1, 0.15) is 10.8 Å². The summed E-state index contributed by atoms with van der Waals surface area (Å²) in [6.45, 7) is 44.3. The molecule has 1 fully saturated rings. The van der Waals surface area contributed by atoms with Gasteiger partial charge in [0.25, 0.3) is 0 Å². The molecule has 4 unspecified atom stereocenters. The molecule has 0 aromatic carbocycles. The van der Waals surface area contributed by atoms with Gasteiger partial charge in [-0.1, -0.05) is 126 Å². The first kappa shape index (κ1) is 97.9. The number of ketones is 1. The average molecular weight is 1750 g/mol. The van der Waals surface area contributed by atoms with Gasteiger partial charge in [-0.3, -0.25) is 41.3 Å². The van der Waals surface area contributed by atoms with Crippen molar-refractivity contribution in [2.75, 3.05) is 0 Å². The van der Waals surface area contributed by atoms with Gasteiger partial charge in [0.15, 0.2) is 34.2 Å². The second kappa shape index (κ2) is 39.1. The lowest BCUT2D eigenvalue weighted by atomic mass is 9.72. The van der Waals surface area contributed by atoms with Crippen molar-refractivity contribution in [1.82, 2.24) is 80.9 Å². The Morgan fingerprint density at radius 3 is 1.21 bits per heavy atom. The van der Waals surface area contributed by atoms with Crippen LogP contribution in [0.4, 0.5) is 4.79 Å². The molecule has 31 heteroatoms. The molecule has 0 radical (unpaired) electrons. The largest absolute Gasteiger partial charge is 0.490 e. The minimum atomic E-state index is -0.998. The number of amides is 1. The molecule has 0 bridgehead atoms. The number of aryl methyl sites for hydroxylation is 6. The Hall–Kier alpha value is -10.3. The number of aromatic nitrogens is 16. The van der Waals surface area contributed by atoms with Gasteiger partial charge in [-0.2, -0.15) is 0 Å². The number of allylic oxidation sites excluding steroid dienone is 6. The number of carboxylic acid groups (broad SMARTS) is 1. The van der Waals surface area contributed by atoms with Crippen LogP contribution in [0.5, 0.6) is 0 Å². The molecule has 29 nitrogen and oxygen atoms in total. The summed E-state index contributed by atoms with van der Waals surface area (Å²) < 4.78 is 34.4. The number of alkyl carbamates (subject to hydrolysis) is 1. The summed E-state index contributed by atoms with van der Waals surface area (Å²) >= 11 is 5.85. The highest BCUT2D eigenvalue weighted by Gasteiger charge is 2.52. The Morgan fingerprint density at radius 2 is 0.889 bits per heavy atom. The molecule has 5 aliphatic rings. The number of carbonyl (C=O) groups is 3. The van der Waals surface area contributed by atoms with Crippen LogP contribution in [-0.4, -0.2) is 135 Å². The third-order valence-corrected chi connectivity index (χ3v) is 23.5. The number of imidazole rings is 6. The molecule has 10 aromatic rings. The molecule has 4 N–H and O–H groups in total. The van der Waals surface area contributed by atoms with E-state index in [2.05, 4.69) is 174 Å². The zero-order chi connectivity index (χ0) is 93.0. The molecule has 11 heterocycles. The second-order valence-corrected chi connectivity index (χ2v) is 41.8. The summed E-state index contributed by atoms with van der Waals surface area (Å²) in [7, 11) is 10.3. The molecule has 4 aliphatic carbocycles. The molecule has 0 spiro atoms. The molecular weight excluding hydrogens is 1620 g/mol. The Bertz CT molecular complexity index is 5850. The number of carbonyl (C=O) groups excluding carboxylic acids is 2. The lowest BCUT2D eigenvalue weighted by Crippen LogP contribution is -2.41. The van der Waals surface area contributed by atoms with Gasteiger partial charge in [-0.15, -0.1) is 0 Å². The van der Waals surface area contributed by atoms with E-state index in [1.54, 1.807) is 75.7 Å². The molecule has 15 rings (SSSR count). The summed E-state index contributed by atoms with van der Waals surface area (Å²) in [5.41, 5.74) is 19.2. The van der Waals surface area contributed by atoms with Crippen LogP contribution in [0.15, 0.2) is 122 Å². The van der Waals surface area contributed by atoms with Gasteiger partial charge in [0, 0.05) is 112 Å². The van der Waals surface area contributed by atoms with Gasteiger partial charge in [0.2, 0.25) is 5.82 Å². The van der Waals surface area contributed by atoms with Crippen molar-refractivity contribution < 1.29 is 33.5 Å². The lowest BCUT2D eigenvalue weighted by Gasteiger charge is -2.32. The van der Waals surface area contributed by atoms with E-state index in [1.807, 2.05) is 78.9 Å². The van der Waals surface area contributed by atoms with E-state index in [1.165, 1.54) is 43.9 Å². The second-order valence-electron chi connectivity index (χ2n) is 41.4. The number of halogens is 1. The quantitative estimate of drug-likeness (QED) is 0.0548. The number of hydrogen-bond acceptors (Lipinski definition) is 17. The first-order valence-electron chi connectivity index (χ1n) is 44.1. The molecule has 4 atom stereocenters. The number of rotatable bonds is 13. The van der Waals surface area contributed by atoms with Crippen LogP contribution in [-0.2, 0) is 82.5 Å². The number of ether oxygens (including phenoxy) is 1. The van der Waals surface area contributed by atoms with E-state index in [-0.39, 0.29) is 92.5 Å². The van der Waals surface area contributed by atoms with Gasteiger partial charge in [-0.25, -0.2) is 58.7 Å². The standard InChI is InChI=1S/C24H31N5O2.C19H27N3O.C18H26N4O.C17H30BNO4.C12H16ClN3O.C5H6N2O2/c1-24(2,3)15-29-19-11-10-18(26-21(19)28(5)23(29)31)17-8-6-16(7-9-17)14-20(30)22-25-12-13-27(22)4;1-13-6-8-14(9-7-13)15-10-11-16-17(20-15)21(5)18(23)22(16)12-19(2,3)4;1-18(2,3)11-22-15-10-9-14(12-5-7-13(19)8-6-12)20-16(15)21(4)17(22)23;1-15(2,3)21-14(20)19-13-10-8-12(9-11-13)18-22-16(4,5)17(6,7)23-18;1-12(2,3)7-16-8-5-6-9(13)14-10(8)15(4)11(16)17;1-7-3-2-6-4(7)5(8)9/h8,10-13,16H,6-7,9,14-15H2,1-5H3;8,10-11,13H,6-7,9,12H2,1-5H3;5,9-10,13H,6-8,11,19H2,1-4H3;8,13H,9-11H2,1-7H3,(H,19,20);5-6H,7H2,1-4H3;2-3H,1H3,(H,8,9). The molecule has 1 aliphatic heterocycles. The monoisotopic (exact) mass is 1750 g/mol. The number of fused-ring (bicyclic) bond motifs is 4. The number of nitrogens with zero attached hydrogens (tertiary/aromatic N) is 16. The van der Waals surface area contributed by atoms with Crippen molar-refractivity contribution in [2.45, 2.75) is 277 Å². The first-order chi connectivity index (χ1) is 58.6. The van der Waals surface area contributed by atoms with Crippen molar-refractivity contribution in [2.24, 2.45) is 81.5 Å². The van der Waals surface area contributed by atoms with Crippen molar-refractivity contribution in [3.63, 3.8) is 0 Å². The minimum absolute atomic E-state index is 0.000721. The maximum atomic E-state index is 12.8. The fourth-order valence-electron chi connectivity index (χ4n) is 15.9. The molecule has 682 valence electrons. The van der Waals surface area contributed by atoms with Crippen LogP contribution in [0.3, 0.4) is 0 Å². The van der Waals surface area contributed by atoms with Crippen LogP contribution < -0.4 is 33.8 Å². The van der Waals surface area contributed by atoms with Crippen molar-refractivity contribution >= 4 is 97.9 Å².